The minimum atomic E-state index is -1.55. The second-order valence-electron chi connectivity index (χ2n) is 5.70. The van der Waals surface area contributed by atoms with Crippen LogP contribution in [0.2, 0.25) is 0 Å². The van der Waals surface area contributed by atoms with Crippen molar-refractivity contribution in [3.63, 3.8) is 0 Å². The van der Waals surface area contributed by atoms with Crippen LogP contribution in [-0.2, 0) is 35.1 Å². The lowest BCUT2D eigenvalue weighted by Crippen LogP contribution is -2.61. The molecule has 0 unspecified atom stereocenters. The van der Waals surface area contributed by atoms with E-state index >= 15 is 0 Å². The van der Waals surface area contributed by atoms with E-state index in [1.165, 1.54) is 0 Å². The normalized spacial score (nSPS) is 29.0. The van der Waals surface area contributed by atoms with E-state index < -0.39 is 42.6 Å². The van der Waals surface area contributed by atoms with Gasteiger partial charge in [-0.2, -0.15) is 0 Å². The van der Waals surface area contributed by atoms with Crippen molar-refractivity contribution in [2.45, 2.75) is 51.2 Å². The Labute approximate surface area is 145 Å². The molecule has 0 amide bonds. The van der Waals surface area contributed by atoms with Gasteiger partial charge < -0.3 is 29.2 Å². The topological polar surface area (TPSA) is 112 Å². The SMILES string of the molecule is CC(=O)O[C@@H]1[C@@H](OC(C)=O)[C@H](O)[C@@H](COCc2ccccc2)O[C@@H]1O. The van der Waals surface area contributed by atoms with Gasteiger partial charge in [-0.25, -0.2) is 0 Å². The number of carbonyl (C=O) groups is 2. The first-order valence-electron chi connectivity index (χ1n) is 7.86. The Hall–Kier alpha value is -2.00. The van der Waals surface area contributed by atoms with Crippen LogP contribution in [-0.4, -0.2) is 59.5 Å². The Balaban J connectivity index is 1.99. The zero-order chi connectivity index (χ0) is 18.4. The molecular weight excluding hydrogens is 332 g/mol. The van der Waals surface area contributed by atoms with Crippen LogP contribution in [0.1, 0.15) is 19.4 Å². The van der Waals surface area contributed by atoms with Crippen LogP contribution < -0.4 is 0 Å². The molecule has 5 atom stereocenters. The molecule has 0 aromatic heterocycles. The number of benzene rings is 1. The van der Waals surface area contributed by atoms with Crippen LogP contribution in [0.15, 0.2) is 30.3 Å². The molecule has 8 nitrogen and oxygen atoms in total. The molecule has 1 aromatic rings. The summed E-state index contributed by atoms with van der Waals surface area (Å²) in [4.78, 5) is 22.4. The average molecular weight is 354 g/mol. The first kappa shape index (κ1) is 19.3. The Kier molecular flexibility index (Phi) is 6.89. The summed E-state index contributed by atoms with van der Waals surface area (Å²) in [5, 5.41) is 20.4. The van der Waals surface area contributed by atoms with Gasteiger partial charge in [0.2, 0.25) is 0 Å². The molecule has 1 aromatic carbocycles. The van der Waals surface area contributed by atoms with Crippen molar-refractivity contribution < 1.29 is 38.7 Å². The van der Waals surface area contributed by atoms with E-state index in [-0.39, 0.29) is 13.2 Å². The van der Waals surface area contributed by atoms with Crippen LogP contribution >= 0.6 is 0 Å². The molecule has 1 fully saturated rings. The highest BCUT2D eigenvalue weighted by molar-refractivity contribution is 5.67. The smallest absolute Gasteiger partial charge is 0.303 e. The predicted octanol–water partition coefficient (Wildman–Crippen LogP) is 0.145. The summed E-state index contributed by atoms with van der Waals surface area (Å²) in [5.41, 5.74) is 0.933. The molecule has 1 aliphatic rings. The quantitative estimate of drug-likeness (QED) is 0.694. The number of ether oxygens (including phenoxy) is 4. The summed E-state index contributed by atoms with van der Waals surface area (Å²) in [6.07, 6.45) is -6.40. The van der Waals surface area contributed by atoms with E-state index in [2.05, 4.69) is 0 Å². The average Bonchev–Trinajstić information content (AvgIpc) is 2.55. The number of esters is 2. The molecule has 1 aliphatic heterocycles. The maximum atomic E-state index is 11.3. The number of hydrogen-bond acceptors (Lipinski definition) is 8. The molecule has 0 bridgehead atoms. The summed E-state index contributed by atoms with van der Waals surface area (Å²) >= 11 is 0. The van der Waals surface area contributed by atoms with Crippen molar-refractivity contribution in [2.75, 3.05) is 6.61 Å². The molecule has 25 heavy (non-hydrogen) atoms. The lowest BCUT2D eigenvalue weighted by atomic mass is 9.98. The van der Waals surface area contributed by atoms with Crippen LogP contribution in [0.3, 0.4) is 0 Å². The van der Waals surface area contributed by atoms with Crippen LogP contribution in [0.25, 0.3) is 0 Å². The molecule has 1 saturated heterocycles. The van der Waals surface area contributed by atoms with Crippen molar-refractivity contribution in [2.24, 2.45) is 0 Å². The van der Waals surface area contributed by atoms with Gasteiger partial charge in [0.25, 0.3) is 0 Å². The van der Waals surface area contributed by atoms with Gasteiger partial charge in [-0.1, -0.05) is 30.3 Å². The van der Waals surface area contributed by atoms with Crippen molar-refractivity contribution in [3.05, 3.63) is 35.9 Å². The molecule has 138 valence electrons. The third-order valence-electron chi connectivity index (χ3n) is 3.63. The Morgan fingerprint density at radius 2 is 1.64 bits per heavy atom. The second-order valence-corrected chi connectivity index (χ2v) is 5.70. The maximum Gasteiger partial charge on any atom is 0.303 e. The number of aliphatic hydroxyl groups is 2. The molecule has 8 heteroatoms. The predicted molar refractivity (Wildman–Crippen MR) is 84.1 cm³/mol. The highest BCUT2D eigenvalue weighted by Crippen LogP contribution is 2.25. The van der Waals surface area contributed by atoms with Gasteiger partial charge in [0.1, 0.15) is 12.2 Å². The molecule has 0 saturated carbocycles. The summed E-state index contributed by atoms with van der Waals surface area (Å²) in [5.74, 6) is -1.38. The van der Waals surface area contributed by atoms with Crippen LogP contribution in [0.5, 0.6) is 0 Å². The zero-order valence-corrected chi connectivity index (χ0v) is 14.0. The van der Waals surface area contributed by atoms with Crippen molar-refractivity contribution in [1.29, 1.82) is 0 Å². The highest BCUT2D eigenvalue weighted by Gasteiger charge is 2.48. The Bertz CT molecular complexity index is 575. The lowest BCUT2D eigenvalue weighted by molar-refractivity contribution is -0.295. The van der Waals surface area contributed by atoms with Crippen LogP contribution in [0, 0.1) is 0 Å². The first-order chi connectivity index (χ1) is 11.9. The van der Waals surface area contributed by atoms with Crippen molar-refractivity contribution in [3.8, 4) is 0 Å². The fourth-order valence-corrected chi connectivity index (χ4v) is 2.56. The summed E-state index contributed by atoms with van der Waals surface area (Å²) < 4.78 is 20.7. The summed E-state index contributed by atoms with van der Waals surface area (Å²) in [7, 11) is 0. The molecule has 2 N–H and O–H groups in total. The van der Waals surface area contributed by atoms with Gasteiger partial charge >= 0.3 is 11.9 Å². The Morgan fingerprint density at radius 1 is 1.04 bits per heavy atom. The van der Waals surface area contributed by atoms with E-state index in [0.29, 0.717) is 0 Å². The van der Waals surface area contributed by atoms with Gasteiger partial charge in [0, 0.05) is 13.8 Å². The number of hydrogen-bond donors (Lipinski definition) is 2. The third kappa shape index (κ3) is 5.50. The highest BCUT2D eigenvalue weighted by atomic mass is 16.7. The van der Waals surface area contributed by atoms with Gasteiger partial charge in [0.15, 0.2) is 18.5 Å². The van der Waals surface area contributed by atoms with E-state index in [4.69, 9.17) is 18.9 Å². The van der Waals surface area contributed by atoms with Gasteiger partial charge in [-0.05, 0) is 5.56 Å². The molecule has 0 aliphatic carbocycles. The second kappa shape index (κ2) is 8.91. The standard InChI is InChI=1S/C17H22O8/c1-10(18)23-15-14(20)13(25-17(21)16(15)24-11(2)19)9-22-8-12-6-4-3-5-7-12/h3-7,13-17,20-21H,8-9H2,1-2H3/t13-,14-,15+,16-,17+/m1/s1. The zero-order valence-electron chi connectivity index (χ0n) is 14.0. The number of carbonyl (C=O) groups excluding carboxylic acids is 2. The van der Waals surface area contributed by atoms with E-state index in [1.54, 1.807) is 0 Å². The summed E-state index contributed by atoms with van der Waals surface area (Å²) in [6.45, 7) is 2.53. The molecule has 1 heterocycles. The van der Waals surface area contributed by atoms with E-state index in [0.717, 1.165) is 19.4 Å². The minimum absolute atomic E-state index is 0.0440. The molecule has 2 rings (SSSR count). The molecular formula is C17H22O8. The van der Waals surface area contributed by atoms with Gasteiger partial charge in [0.05, 0.1) is 13.2 Å². The fourth-order valence-electron chi connectivity index (χ4n) is 2.56. The monoisotopic (exact) mass is 354 g/mol. The largest absolute Gasteiger partial charge is 0.455 e. The summed E-state index contributed by atoms with van der Waals surface area (Å²) in [6, 6.07) is 9.38. The van der Waals surface area contributed by atoms with E-state index in [9.17, 15) is 19.8 Å². The first-order valence-corrected chi connectivity index (χ1v) is 7.86. The third-order valence-corrected chi connectivity index (χ3v) is 3.63. The van der Waals surface area contributed by atoms with Crippen molar-refractivity contribution >= 4 is 11.9 Å². The molecule has 0 radical (unpaired) electrons. The van der Waals surface area contributed by atoms with Gasteiger partial charge in [-0.3, -0.25) is 9.59 Å². The Morgan fingerprint density at radius 3 is 2.24 bits per heavy atom. The number of rotatable bonds is 6. The molecule has 0 spiro atoms. The lowest BCUT2D eigenvalue weighted by Gasteiger charge is -2.41. The maximum absolute atomic E-state index is 11.3. The van der Waals surface area contributed by atoms with Crippen molar-refractivity contribution in [1.82, 2.24) is 0 Å². The van der Waals surface area contributed by atoms with Gasteiger partial charge in [-0.15, -0.1) is 0 Å². The minimum Gasteiger partial charge on any atom is -0.455 e. The fraction of sp³-hybridized carbons (Fsp3) is 0.529. The van der Waals surface area contributed by atoms with Crippen LogP contribution in [0.4, 0.5) is 0 Å². The van der Waals surface area contributed by atoms with E-state index in [1.807, 2.05) is 30.3 Å². The number of aliphatic hydroxyl groups excluding tert-OH is 2.